The maximum Gasteiger partial charge on any atom is 0.122 e. The maximum atomic E-state index is 5.75. The van der Waals surface area contributed by atoms with Crippen LogP contribution in [0.2, 0.25) is 0 Å². The lowest BCUT2D eigenvalue weighted by Crippen LogP contribution is -2.11. The van der Waals surface area contributed by atoms with Crippen molar-refractivity contribution in [1.82, 2.24) is 0 Å². The highest BCUT2D eigenvalue weighted by atomic mass is 16.5. The van der Waals surface area contributed by atoms with Gasteiger partial charge in [0.2, 0.25) is 0 Å². The van der Waals surface area contributed by atoms with Crippen molar-refractivity contribution in [3.8, 4) is 11.5 Å². The molecular weight excluding hydrogens is 224 g/mol. The second kappa shape index (κ2) is 7.30. The van der Waals surface area contributed by atoms with E-state index in [-0.39, 0.29) is 0 Å². The first kappa shape index (κ1) is 14.9. The third kappa shape index (κ3) is 6.53. The van der Waals surface area contributed by atoms with Crippen molar-refractivity contribution in [2.45, 2.75) is 47.0 Å². The van der Waals surface area contributed by atoms with Crippen molar-refractivity contribution >= 4 is 0 Å². The van der Waals surface area contributed by atoms with Gasteiger partial charge < -0.3 is 9.47 Å². The first-order chi connectivity index (χ1) is 8.51. The molecule has 0 amide bonds. The molecule has 0 aromatic heterocycles. The smallest absolute Gasteiger partial charge is 0.122 e. The molecule has 0 atom stereocenters. The van der Waals surface area contributed by atoms with Crippen LogP contribution in [-0.4, -0.2) is 13.2 Å². The van der Waals surface area contributed by atoms with Crippen molar-refractivity contribution < 1.29 is 9.47 Å². The molecule has 18 heavy (non-hydrogen) atoms. The highest BCUT2D eigenvalue weighted by molar-refractivity contribution is 5.32. The number of benzene rings is 1. The van der Waals surface area contributed by atoms with E-state index in [4.69, 9.17) is 9.47 Å². The standard InChI is InChI=1S/C16H26O2/c1-5-6-11-17-14-8-7-9-15(13-14)18-12-10-16(2,3)4/h7-9,13H,5-6,10-12H2,1-4H3. The van der Waals surface area contributed by atoms with Gasteiger partial charge >= 0.3 is 0 Å². The van der Waals surface area contributed by atoms with E-state index >= 15 is 0 Å². The lowest BCUT2D eigenvalue weighted by atomic mass is 9.93. The van der Waals surface area contributed by atoms with Gasteiger partial charge in [0.15, 0.2) is 0 Å². The highest BCUT2D eigenvalue weighted by Gasteiger charge is 2.09. The predicted molar refractivity (Wildman–Crippen MR) is 76.4 cm³/mol. The van der Waals surface area contributed by atoms with Crippen LogP contribution >= 0.6 is 0 Å². The Bertz CT molecular complexity index is 339. The number of rotatable bonds is 7. The van der Waals surface area contributed by atoms with Crippen LogP contribution in [0.3, 0.4) is 0 Å². The molecule has 2 heteroatoms. The Balaban J connectivity index is 2.39. The molecule has 102 valence electrons. The molecule has 0 heterocycles. The van der Waals surface area contributed by atoms with E-state index in [1.165, 1.54) is 0 Å². The fourth-order valence-corrected chi connectivity index (χ4v) is 1.46. The van der Waals surface area contributed by atoms with E-state index in [0.29, 0.717) is 5.41 Å². The summed E-state index contributed by atoms with van der Waals surface area (Å²) in [5.74, 6) is 1.80. The number of hydrogen-bond donors (Lipinski definition) is 0. The fourth-order valence-electron chi connectivity index (χ4n) is 1.46. The lowest BCUT2D eigenvalue weighted by molar-refractivity contribution is 0.241. The molecule has 0 spiro atoms. The summed E-state index contributed by atoms with van der Waals surface area (Å²) in [6.45, 7) is 10.4. The van der Waals surface area contributed by atoms with Gasteiger partial charge in [-0.3, -0.25) is 0 Å². The van der Waals surface area contributed by atoms with Crippen LogP contribution in [-0.2, 0) is 0 Å². The number of hydrogen-bond acceptors (Lipinski definition) is 2. The predicted octanol–water partition coefficient (Wildman–Crippen LogP) is 4.68. The van der Waals surface area contributed by atoms with Crippen molar-refractivity contribution in [3.05, 3.63) is 24.3 Å². The Labute approximate surface area is 111 Å². The average Bonchev–Trinajstić information content (AvgIpc) is 2.28. The van der Waals surface area contributed by atoms with E-state index in [1.54, 1.807) is 0 Å². The van der Waals surface area contributed by atoms with E-state index in [1.807, 2.05) is 24.3 Å². The Morgan fingerprint density at radius 1 is 1.00 bits per heavy atom. The second-order valence-corrected chi connectivity index (χ2v) is 5.84. The monoisotopic (exact) mass is 250 g/mol. The molecule has 0 unspecified atom stereocenters. The summed E-state index contributed by atoms with van der Waals surface area (Å²) in [5, 5.41) is 0. The minimum Gasteiger partial charge on any atom is -0.493 e. The van der Waals surface area contributed by atoms with Gasteiger partial charge in [-0.1, -0.05) is 40.2 Å². The molecule has 0 aliphatic heterocycles. The van der Waals surface area contributed by atoms with Crippen molar-refractivity contribution in [1.29, 1.82) is 0 Å². The molecule has 0 radical (unpaired) electrons. The Hall–Kier alpha value is -1.18. The zero-order valence-corrected chi connectivity index (χ0v) is 12.2. The maximum absolute atomic E-state index is 5.75. The van der Waals surface area contributed by atoms with Gasteiger partial charge in [-0.2, -0.15) is 0 Å². The molecule has 0 saturated carbocycles. The van der Waals surface area contributed by atoms with Crippen LogP contribution in [0.4, 0.5) is 0 Å². The summed E-state index contributed by atoms with van der Waals surface area (Å²) >= 11 is 0. The molecule has 0 aliphatic rings. The molecule has 0 saturated heterocycles. The molecule has 1 aromatic carbocycles. The van der Waals surface area contributed by atoms with Crippen molar-refractivity contribution in [2.75, 3.05) is 13.2 Å². The highest BCUT2D eigenvalue weighted by Crippen LogP contribution is 2.22. The SMILES string of the molecule is CCCCOc1cccc(OCCC(C)(C)C)c1. The van der Waals surface area contributed by atoms with Gasteiger partial charge in [0.1, 0.15) is 11.5 Å². The first-order valence-electron chi connectivity index (χ1n) is 6.87. The van der Waals surface area contributed by atoms with Crippen LogP contribution in [0.15, 0.2) is 24.3 Å². The molecule has 0 aliphatic carbocycles. The number of ether oxygens (including phenoxy) is 2. The van der Waals surface area contributed by atoms with E-state index in [2.05, 4.69) is 27.7 Å². The molecule has 0 fully saturated rings. The molecule has 1 rings (SSSR count). The van der Waals surface area contributed by atoms with E-state index < -0.39 is 0 Å². The van der Waals surface area contributed by atoms with Crippen LogP contribution in [0.1, 0.15) is 47.0 Å². The summed E-state index contributed by atoms with van der Waals surface area (Å²) in [7, 11) is 0. The van der Waals surface area contributed by atoms with Gasteiger partial charge in [-0.15, -0.1) is 0 Å². The van der Waals surface area contributed by atoms with Gasteiger partial charge in [-0.25, -0.2) is 0 Å². The minimum absolute atomic E-state index is 0.315. The Kier molecular flexibility index (Phi) is 6.03. The summed E-state index contributed by atoms with van der Waals surface area (Å²) in [6.07, 6.45) is 3.30. The van der Waals surface area contributed by atoms with Crippen molar-refractivity contribution in [2.24, 2.45) is 5.41 Å². The van der Waals surface area contributed by atoms with Crippen LogP contribution in [0, 0.1) is 5.41 Å². The second-order valence-electron chi connectivity index (χ2n) is 5.84. The topological polar surface area (TPSA) is 18.5 Å². The third-order valence-electron chi connectivity index (χ3n) is 2.69. The van der Waals surface area contributed by atoms with Crippen LogP contribution in [0.25, 0.3) is 0 Å². The zero-order chi connectivity index (χ0) is 13.4. The fraction of sp³-hybridized carbons (Fsp3) is 0.625. The van der Waals surface area contributed by atoms with Gasteiger partial charge in [0, 0.05) is 6.07 Å². The van der Waals surface area contributed by atoms with Crippen LogP contribution in [0.5, 0.6) is 11.5 Å². The Morgan fingerprint density at radius 2 is 1.61 bits per heavy atom. The molecular formula is C16H26O2. The van der Waals surface area contributed by atoms with Gasteiger partial charge in [-0.05, 0) is 30.4 Å². The quantitative estimate of drug-likeness (QED) is 0.654. The van der Waals surface area contributed by atoms with Gasteiger partial charge in [0.25, 0.3) is 0 Å². The molecule has 1 aromatic rings. The van der Waals surface area contributed by atoms with Crippen LogP contribution < -0.4 is 9.47 Å². The molecule has 0 N–H and O–H groups in total. The normalized spacial score (nSPS) is 11.3. The van der Waals surface area contributed by atoms with E-state index in [0.717, 1.165) is 44.0 Å². The molecule has 0 bridgehead atoms. The first-order valence-corrected chi connectivity index (χ1v) is 6.87. The minimum atomic E-state index is 0.315. The van der Waals surface area contributed by atoms with E-state index in [9.17, 15) is 0 Å². The summed E-state index contributed by atoms with van der Waals surface area (Å²) < 4.78 is 11.4. The van der Waals surface area contributed by atoms with Crippen molar-refractivity contribution in [3.63, 3.8) is 0 Å². The summed E-state index contributed by atoms with van der Waals surface area (Å²) in [6, 6.07) is 7.91. The van der Waals surface area contributed by atoms with Gasteiger partial charge in [0.05, 0.1) is 13.2 Å². The zero-order valence-electron chi connectivity index (χ0n) is 12.2. The molecule has 2 nitrogen and oxygen atoms in total. The number of unbranched alkanes of at least 4 members (excludes halogenated alkanes) is 1. The summed E-state index contributed by atoms with van der Waals surface area (Å²) in [5.41, 5.74) is 0.315. The average molecular weight is 250 g/mol. The summed E-state index contributed by atoms with van der Waals surface area (Å²) in [4.78, 5) is 0. The largest absolute Gasteiger partial charge is 0.493 e. The Morgan fingerprint density at radius 3 is 2.17 bits per heavy atom. The lowest BCUT2D eigenvalue weighted by Gasteiger charge is -2.18. The third-order valence-corrected chi connectivity index (χ3v) is 2.69.